The van der Waals surface area contributed by atoms with Crippen molar-refractivity contribution in [3.05, 3.63) is 119 Å². The van der Waals surface area contributed by atoms with E-state index in [9.17, 15) is 5.11 Å². The first kappa shape index (κ1) is 35.5. The summed E-state index contributed by atoms with van der Waals surface area (Å²) in [6, 6.07) is 26.8. The molecule has 37 heavy (non-hydrogen) atoms. The van der Waals surface area contributed by atoms with Crippen LogP contribution in [0.15, 0.2) is 96.2 Å². The maximum absolute atomic E-state index is 9.38. The third kappa shape index (κ3) is 12.8. The Hall–Kier alpha value is -1.46. The molecule has 1 nitrogen and oxygen atoms in total. The van der Waals surface area contributed by atoms with E-state index in [1.165, 1.54) is 25.3 Å². The second kappa shape index (κ2) is 16.5. The van der Waals surface area contributed by atoms with E-state index in [2.05, 4.69) is 132 Å². The number of phenolic OH excluding ortho intramolecular Hbond substituents is 1. The Morgan fingerprint density at radius 1 is 0.757 bits per heavy atom. The van der Waals surface area contributed by atoms with Crippen molar-refractivity contribution < 1.29 is 49.9 Å². The van der Waals surface area contributed by atoms with E-state index in [-0.39, 0.29) is 24.8 Å². The van der Waals surface area contributed by atoms with Gasteiger partial charge in [0.05, 0.1) is 8.07 Å². The first-order chi connectivity index (χ1) is 16.4. The van der Waals surface area contributed by atoms with Crippen LogP contribution >= 0.6 is 0 Å². The van der Waals surface area contributed by atoms with Gasteiger partial charge in [0.15, 0.2) is 0 Å². The van der Waals surface area contributed by atoms with Gasteiger partial charge >= 0.3 is 95.6 Å². The van der Waals surface area contributed by atoms with Crippen LogP contribution in [-0.4, -0.2) is 25.1 Å². The summed E-state index contributed by atoms with van der Waals surface area (Å²) in [5, 5.41) is 12.2. The van der Waals surface area contributed by atoms with Gasteiger partial charge in [0.25, 0.3) is 0 Å². The maximum atomic E-state index is 9.38. The van der Waals surface area contributed by atoms with Gasteiger partial charge in [0.2, 0.25) is 0 Å². The zero-order chi connectivity index (χ0) is 26.1. The Morgan fingerprint density at radius 3 is 1.57 bits per heavy atom. The second-order valence-electron chi connectivity index (χ2n) is 10.9. The van der Waals surface area contributed by atoms with Crippen LogP contribution < -0.4 is 30.0 Å². The molecule has 0 atom stereocenters. The number of hydrogen-bond acceptors (Lipinski definition) is 1. The summed E-state index contributed by atoms with van der Waals surface area (Å²) in [5.41, 5.74) is 3.73. The molecule has 1 aliphatic rings. The zero-order valence-electron chi connectivity index (χ0n) is 23.1. The molecule has 4 rings (SSSR count). The molecule has 0 unspecified atom stereocenters. The summed E-state index contributed by atoms with van der Waals surface area (Å²) in [4.78, 5) is 0. The zero-order valence-corrected chi connectivity index (χ0v) is 28.1. The molecule has 0 fully saturated rings. The van der Waals surface area contributed by atoms with Crippen molar-refractivity contribution in [1.29, 1.82) is 0 Å². The number of phenols is 1. The Balaban J connectivity index is 0.000000523. The third-order valence-electron chi connectivity index (χ3n) is 5.56. The van der Waals surface area contributed by atoms with E-state index in [1.54, 1.807) is 6.07 Å². The van der Waals surface area contributed by atoms with Gasteiger partial charge in [-0.05, 0) is 24.6 Å². The van der Waals surface area contributed by atoms with Crippen LogP contribution in [0.2, 0.25) is 39.3 Å². The van der Waals surface area contributed by atoms with Crippen molar-refractivity contribution >= 4 is 25.1 Å². The molecule has 1 N–H and O–H groups in total. The van der Waals surface area contributed by atoms with Gasteiger partial charge in [0.1, 0.15) is 5.75 Å². The van der Waals surface area contributed by atoms with E-state index in [4.69, 9.17) is 0 Å². The van der Waals surface area contributed by atoms with Gasteiger partial charge in [0, 0.05) is 8.07 Å². The average molecular weight is 603 g/mol. The Morgan fingerprint density at radius 2 is 1.24 bits per heavy atom. The fourth-order valence-electron chi connectivity index (χ4n) is 3.49. The van der Waals surface area contributed by atoms with Crippen molar-refractivity contribution in [3.8, 4) is 5.75 Å². The van der Waals surface area contributed by atoms with E-state index in [0.717, 1.165) is 12.0 Å². The van der Waals surface area contributed by atoms with Gasteiger partial charge in [-0.3, -0.25) is 6.08 Å². The molecule has 3 aromatic rings. The molecule has 0 radical (unpaired) electrons. The van der Waals surface area contributed by atoms with Gasteiger partial charge < -0.3 is 29.9 Å². The number of aryl methyl sites for hydroxylation is 1. The molecule has 0 aliphatic heterocycles. The van der Waals surface area contributed by atoms with Crippen LogP contribution in [-0.2, 0) is 20.0 Å². The summed E-state index contributed by atoms with van der Waals surface area (Å²) in [6.07, 6.45) is 8.82. The molecule has 0 saturated carbocycles. The average Bonchev–Trinajstić information content (AvgIpc) is 3.35. The SMILES string of the molecule is C[Si](C)(C)C1=[C-]CC=C1.Cc1cc(O)cc([Si](C)(C)C)c1.[Cl-].[Cl-].[Ti+]=[C](c1ccccc1)c1ccccc1. The van der Waals surface area contributed by atoms with Crippen LogP contribution in [0.5, 0.6) is 5.75 Å². The number of aromatic hydroxyl groups is 1. The molecule has 6 heteroatoms. The third-order valence-corrected chi connectivity index (χ3v) is 10.4. The number of allylic oxidation sites excluding steroid dienone is 4. The second-order valence-corrected chi connectivity index (χ2v) is 21.8. The van der Waals surface area contributed by atoms with Crippen molar-refractivity contribution in [3.63, 3.8) is 0 Å². The quantitative estimate of drug-likeness (QED) is 0.356. The van der Waals surface area contributed by atoms with Gasteiger partial charge in [-0.1, -0.05) is 50.5 Å². The molecule has 0 aromatic heterocycles. The van der Waals surface area contributed by atoms with Gasteiger partial charge in [-0.15, -0.1) is 6.42 Å². The normalized spacial score (nSPS) is 12.0. The Bertz CT molecular complexity index is 1100. The minimum atomic E-state index is -1.26. The van der Waals surface area contributed by atoms with Crippen LogP contribution in [0.1, 0.15) is 23.1 Å². The van der Waals surface area contributed by atoms with E-state index < -0.39 is 16.1 Å². The first-order valence-electron chi connectivity index (χ1n) is 12.2. The van der Waals surface area contributed by atoms with Gasteiger partial charge in [-0.25, -0.2) is 11.3 Å². The van der Waals surface area contributed by atoms with E-state index in [1.807, 2.05) is 25.1 Å². The molecule has 0 heterocycles. The number of benzene rings is 3. The van der Waals surface area contributed by atoms with Gasteiger partial charge in [-0.2, -0.15) is 6.08 Å². The molecule has 0 amide bonds. The number of rotatable bonds is 4. The molecule has 197 valence electrons. The van der Waals surface area contributed by atoms with Crippen LogP contribution in [0, 0.1) is 13.0 Å². The summed E-state index contributed by atoms with van der Waals surface area (Å²) in [5.74, 6) is 0.396. The Labute approximate surface area is 250 Å². The van der Waals surface area contributed by atoms with Crippen LogP contribution in [0.4, 0.5) is 0 Å². The van der Waals surface area contributed by atoms with Crippen molar-refractivity contribution in [2.24, 2.45) is 0 Å². The molecular formula is C31H39Cl2OSi2Ti-2. The predicted octanol–water partition coefficient (Wildman–Crippen LogP) is 1.61. The monoisotopic (exact) mass is 601 g/mol. The summed E-state index contributed by atoms with van der Waals surface area (Å²) in [7, 11) is -2.26. The number of halogens is 2. The predicted molar refractivity (Wildman–Crippen MR) is 156 cm³/mol. The summed E-state index contributed by atoms with van der Waals surface area (Å²) >= 11 is 2.16. The molecule has 0 spiro atoms. The minimum absolute atomic E-state index is 0. The molecule has 0 bridgehead atoms. The molecular weight excluding hydrogens is 563 g/mol. The Kier molecular flexibility index (Phi) is 15.8. The molecule has 0 saturated heterocycles. The first-order valence-corrected chi connectivity index (χ1v) is 19.9. The fraction of sp³-hybridized carbons (Fsp3) is 0.258. The van der Waals surface area contributed by atoms with E-state index >= 15 is 0 Å². The summed E-state index contributed by atoms with van der Waals surface area (Å²) < 4.78 is 1.33. The van der Waals surface area contributed by atoms with Crippen molar-refractivity contribution in [2.45, 2.75) is 52.6 Å². The summed E-state index contributed by atoms with van der Waals surface area (Å²) in [6.45, 7) is 15.9. The van der Waals surface area contributed by atoms with Crippen LogP contribution in [0.25, 0.3) is 0 Å². The van der Waals surface area contributed by atoms with Crippen molar-refractivity contribution in [2.75, 3.05) is 0 Å². The molecule has 3 aromatic carbocycles. The fourth-order valence-corrected chi connectivity index (χ4v) is 6.50. The van der Waals surface area contributed by atoms with Crippen LogP contribution in [0.3, 0.4) is 0 Å². The number of hydrogen-bond donors (Lipinski definition) is 1. The molecule has 1 aliphatic carbocycles. The van der Waals surface area contributed by atoms with E-state index in [0.29, 0.717) is 5.75 Å². The van der Waals surface area contributed by atoms with Crippen molar-refractivity contribution in [1.82, 2.24) is 0 Å². The topological polar surface area (TPSA) is 20.2 Å². The standard InChI is InChI=1S/C13H10.C10H16OSi.C8H13Si.2ClH.Ti/c1-3-7-12(8-4-1)11-13-9-5-2-6-10-13;1-8-5-9(11)7-10(6-8)12(2,3)4;1-9(2,3)8-6-4-5-7-8;;;/h1-10H;5-7,11H,1-4H3;4,6H,5H2,1-3H3;2*1H;/q;;-1;;;+1/p-2.